The van der Waals surface area contributed by atoms with E-state index in [0.717, 1.165) is 31.1 Å². The molecule has 1 aromatic rings. The van der Waals surface area contributed by atoms with Crippen molar-refractivity contribution in [3.63, 3.8) is 0 Å². The van der Waals surface area contributed by atoms with Crippen molar-refractivity contribution in [1.29, 1.82) is 0 Å². The maximum atomic E-state index is 5.89. The molecule has 2 nitrogen and oxygen atoms in total. The molecule has 1 saturated carbocycles. The molecule has 0 aliphatic heterocycles. The van der Waals surface area contributed by atoms with Crippen molar-refractivity contribution in [3.8, 4) is 5.75 Å². The van der Waals surface area contributed by atoms with Crippen molar-refractivity contribution in [2.24, 2.45) is 11.7 Å². The van der Waals surface area contributed by atoms with Gasteiger partial charge in [-0.1, -0.05) is 25.5 Å². The highest BCUT2D eigenvalue weighted by atomic mass is 16.5. The lowest BCUT2D eigenvalue weighted by atomic mass is 10.0. The van der Waals surface area contributed by atoms with Crippen LogP contribution >= 0.6 is 0 Å². The van der Waals surface area contributed by atoms with E-state index in [1.807, 2.05) is 0 Å². The molecule has 1 aliphatic rings. The molecule has 0 radical (unpaired) electrons. The standard InChI is InChI=1S/C15H23NO/c1-2-3-12-6-7-15(14(10-12)8-9-16)17-11-13-4-5-13/h6-7,10,13H,2-5,8-9,11,16H2,1H3. The molecular weight excluding hydrogens is 210 g/mol. The summed E-state index contributed by atoms with van der Waals surface area (Å²) in [5.41, 5.74) is 8.34. The molecular formula is C15H23NO. The van der Waals surface area contributed by atoms with Crippen LogP contribution in [0.15, 0.2) is 18.2 Å². The fourth-order valence-electron chi connectivity index (χ4n) is 2.06. The molecule has 0 spiro atoms. The number of nitrogens with two attached hydrogens (primary N) is 1. The highest BCUT2D eigenvalue weighted by Gasteiger charge is 2.22. The van der Waals surface area contributed by atoms with Crippen LogP contribution in [0.1, 0.15) is 37.3 Å². The van der Waals surface area contributed by atoms with Gasteiger partial charge in [-0.2, -0.15) is 0 Å². The summed E-state index contributed by atoms with van der Waals surface area (Å²) in [6.07, 6.45) is 5.91. The number of ether oxygens (including phenoxy) is 1. The van der Waals surface area contributed by atoms with Crippen molar-refractivity contribution in [2.45, 2.75) is 39.0 Å². The predicted octanol–water partition coefficient (Wildman–Crippen LogP) is 2.93. The second kappa shape index (κ2) is 6.06. The Balaban J connectivity index is 2.05. The van der Waals surface area contributed by atoms with Crippen molar-refractivity contribution >= 4 is 0 Å². The molecule has 1 aromatic carbocycles. The van der Waals surface area contributed by atoms with Gasteiger partial charge < -0.3 is 10.5 Å². The normalized spacial score (nSPS) is 14.9. The Morgan fingerprint density at radius 2 is 2.12 bits per heavy atom. The minimum atomic E-state index is 0.690. The first-order chi connectivity index (χ1) is 8.33. The van der Waals surface area contributed by atoms with E-state index in [-0.39, 0.29) is 0 Å². The van der Waals surface area contributed by atoms with Crippen LogP contribution in [0.4, 0.5) is 0 Å². The van der Waals surface area contributed by atoms with Crippen LogP contribution in [0.3, 0.4) is 0 Å². The van der Waals surface area contributed by atoms with Crippen LogP contribution in [0.5, 0.6) is 5.75 Å². The van der Waals surface area contributed by atoms with Crippen LogP contribution < -0.4 is 10.5 Å². The van der Waals surface area contributed by atoms with Gasteiger partial charge in [0, 0.05) is 0 Å². The first kappa shape index (κ1) is 12.4. The van der Waals surface area contributed by atoms with Gasteiger partial charge >= 0.3 is 0 Å². The summed E-state index contributed by atoms with van der Waals surface area (Å²) < 4.78 is 5.89. The fourth-order valence-corrected chi connectivity index (χ4v) is 2.06. The van der Waals surface area contributed by atoms with Gasteiger partial charge in [-0.25, -0.2) is 0 Å². The van der Waals surface area contributed by atoms with Gasteiger partial charge in [0.2, 0.25) is 0 Å². The molecule has 94 valence electrons. The van der Waals surface area contributed by atoms with Crippen LogP contribution in [-0.2, 0) is 12.8 Å². The minimum absolute atomic E-state index is 0.690. The van der Waals surface area contributed by atoms with Crippen LogP contribution in [0.25, 0.3) is 0 Å². The van der Waals surface area contributed by atoms with Gasteiger partial charge in [-0.05, 0) is 55.3 Å². The first-order valence-corrected chi connectivity index (χ1v) is 6.78. The Morgan fingerprint density at radius 3 is 2.76 bits per heavy atom. The van der Waals surface area contributed by atoms with Gasteiger partial charge in [0.25, 0.3) is 0 Å². The first-order valence-electron chi connectivity index (χ1n) is 6.78. The predicted molar refractivity (Wildman–Crippen MR) is 71.4 cm³/mol. The van der Waals surface area contributed by atoms with Crippen molar-refractivity contribution in [2.75, 3.05) is 13.2 Å². The molecule has 0 amide bonds. The van der Waals surface area contributed by atoms with Crippen molar-refractivity contribution < 1.29 is 4.74 Å². The van der Waals surface area contributed by atoms with Gasteiger partial charge in [-0.3, -0.25) is 0 Å². The zero-order valence-corrected chi connectivity index (χ0v) is 10.7. The number of benzene rings is 1. The third-order valence-corrected chi connectivity index (χ3v) is 3.25. The van der Waals surface area contributed by atoms with E-state index in [0.29, 0.717) is 6.54 Å². The third kappa shape index (κ3) is 3.74. The van der Waals surface area contributed by atoms with E-state index in [4.69, 9.17) is 10.5 Å². The molecule has 2 N–H and O–H groups in total. The largest absolute Gasteiger partial charge is 0.493 e. The number of rotatable bonds is 7. The molecule has 0 saturated heterocycles. The average Bonchev–Trinajstić information content (AvgIpc) is 3.13. The zero-order valence-electron chi connectivity index (χ0n) is 10.7. The zero-order chi connectivity index (χ0) is 12.1. The van der Waals surface area contributed by atoms with Gasteiger partial charge in [0.15, 0.2) is 0 Å². The summed E-state index contributed by atoms with van der Waals surface area (Å²) in [7, 11) is 0. The quantitative estimate of drug-likeness (QED) is 0.786. The summed E-state index contributed by atoms with van der Waals surface area (Å²) in [4.78, 5) is 0. The Kier molecular flexibility index (Phi) is 4.43. The lowest BCUT2D eigenvalue weighted by Gasteiger charge is -2.12. The topological polar surface area (TPSA) is 35.2 Å². The highest BCUT2D eigenvalue weighted by Crippen LogP contribution is 2.30. The number of hydrogen-bond donors (Lipinski definition) is 1. The second-order valence-corrected chi connectivity index (χ2v) is 4.99. The molecule has 2 heteroatoms. The van der Waals surface area contributed by atoms with Crippen LogP contribution in [-0.4, -0.2) is 13.2 Å². The van der Waals surface area contributed by atoms with Crippen molar-refractivity contribution in [3.05, 3.63) is 29.3 Å². The maximum Gasteiger partial charge on any atom is 0.122 e. The maximum absolute atomic E-state index is 5.89. The van der Waals surface area contributed by atoms with Crippen LogP contribution in [0.2, 0.25) is 0 Å². The smallest absolute Gasteiger partial charge is 0.122 e. The van der Waals surface area contributed by atoms with E-state index in [1.54, 1.807) is 0 Å². The molecule has 1 fully saturated rings. The Labute approximate surface area is 104 Å². The number of hydrogen-bond acceptors (Lipinski definition) is 2. The molecule has 1 aliphatic carbocycles. The fraction of sp³-hybridized carbons (Fsp3) is 0.600. The summed E-state index contributed by atoms with van der Waals surface area (Å²) >= 11 is 0. The van der Waals surface area contributed by atoms with Crippen molar-refractivity contribution in [1.82, 2.24) is 0 Å². The van der Waals surface area contributed by atoms with Crippen LogP contribution in [0, 0.1) is 5.92 Å². The Hall–Kier alpha value is -1.02. The lowest BCUT2D eigenvalue weighted by molar-refractivity contribution is 0.297. The summed E-state index contributed by atoms with van der Waals surface area (Å²) in [6.45, 7) is 3.78. The third-order valence-electron chi connectivity index (χ3n) is 3.25. The monoisotopic (exact) mass is 233 g/mol. The van der Waals surface area contributed by atoms with Gasteiger partial charge in [-0.15, -0.1) is 0 Å². The van der Waals surface area contributed by atoms with E-state index < -0.39 is 0 Å². The minimum Gasteiger partial charge on any atom is -0.493 e. The van der Waals surface area contributed by atoms with E-state index in [1.165, 1.54) is 30.4 Å². The molecule has 2 rings (SSSR count). The average molecular weight is 233 g/mol. The van der Waals surface area contributed by atoms with Gasteiger partial charge in [0.05, 0.1) is 6.61 Å². The summed E-state index contributed by atoms with van der Waals surface area (Å²) in [5.74, 6) is 1.85. The highest BCUT2D eigenvalue weighted by molar-refractivity contribution is 5.37. The molecule has 17 heavy (non-hydrogen) atoms. The van der Waals surface area contributed by atoms with E-state index in [2.05, 4.69) is 25.1 Å². The van der Waals surface area contributed by atoms with E-state index >= 15 is 0 Å². The molecule has 0 bridgehead atoms. The Morgan fingerprint density at radius 1 is 1.29 bits per heavy atom. The SMILES string of the molecule is CCCc1ccc(OCC2CC2)c(CCN)c1. The number of aryl methyl sites for hydroxylation is 1. The Bertz CT molecular complexity index is 358. The lowest BCUT2D eigenvalue weighted by Crippen LogP contribution is -2.07. The molecule has 0 aromatic heterocycles. The molecule has 0 heterocycles. The second-order valence-electron chi connectivity index (χ2n) is 4.99. The molecule has 0 unspecified atom stereocenters. The summed E-state index contributed by atoms with van der Waals surface area (Å²) in [5, 5.41) is 0. The summed E-state index contributed by atoms with van der Waals surface area (Å²) in [6, 6.07) is 6.57. The van der Waals surface area contributed by atoms with Gasteiger partial charge in [0.1, 0.15) is 5.75 Å². The molecule has 0 atom stereocenters. The van der Waals surface area contributed by atoms with E-state index in [9.17, 15) is 0 Å².